The molecular formula is C15H23NO4S. The van der Waals surface area contributed by atoms with Crippen LogP contribution in [0.2, 0.25) is 0 Å². The molecule has 1 aromatic rings. The van der Waals surface area contributed by atoms with Crippen LogP contribution in [0.15, 0.2) is 18.2 Å². The molecule has 6 heteroatoms. The van der Waals surface area contributed by atoms with Gasteiger partial charge in [-0.1, -0.05) is 6.07 Å². The van der Waals surface area contributed by atoms with Gasteiger partial charge in [0, 0.05) is 6.04 Å². The molecule has 1 heterocycles. The van der Waals surface area contributed by atoms with Crippen molar-refractivity contribution < 1.29 is 17.9 Å². The van der Waals surface area contributed by atoms with Crippen LogP contribution in [0.5, 0.6) is 11.5 Å². The Hall–Kier alpha value is -1.27. The van der Waals surface area contributed by atoms with Crippen LogP contribution in [0, 0.1) is 5.92 Å². The summed E-state index contributed by atoms with van der Waals surface area (Å²) in [6, 6.07) is 5.98. The summed E-state index contributed by atoms with van der Waals surface area (Å²) in [4.78, 5) is 0. The summed E-state index contributed by atoms with van der Waals surface area (Å²) < 4.78 is 33.8. The molecule has 0 spiro atoms. The lowest BCUT2D eigenvalue weighted by Gasteiger charge is -2.22. The van der Waals surface area contributed by atoms with Crippen LogP contribution in [-0.2, 0) is 16.3 Å². The Morgan fingerprint density at radius 1 is 1.29 bits per heavy atom. The van der Waals surface area contributed by atoms with Crippen molar-refractivity contribution in [3.8, 4) is 11.5 Å². The van der Waals surface area contributed by atoms with E-state index in [-0.39, 0.29) is 17.7 Å². The second-order valence-corrected chi connectivity index (χ2v) is 7.68. The van der Waals surface area contributed by atoms with Crippen molar-refractivity contribution in [2.24, 2.45) is 5.92 Å². The van der Waals surface area contributed by atoms with Gasteiger partial charge in [-0.2, -0.15) is 0 Å². The highest BCUT2D eigenvalue weighted by Gasteiger charge is 2.33. The highest BCUT2D eigenvalue weighted by molar-refractivity contribution is 7.91. The predicted octanol–water partition coefficient (Wildman–Crippen LogP) is 1.27. The van der Waals surface area contributed by atoms with Crippen LogP contribution < -0.4 is 14.8 Å². The fraction of sp³-hybridized carbons (Fsp3) is 0.600. The molecule has 0 radical (unpaired) electrons. The number of likely N-dealkylation sites (N-methyl/N-ethyl adjacent to an activating group) is 1. The summed E-state index contributed by atoms with van der Waals surface area (Å²) in [6.07, 6.45) is 1.51. The zero-order chi connectivity index (χ0) is 15.5. The number of sulfone groups is 1. The van der Waals surface area contributed by atoms with Gasteiger partial charge >= 0.3 is 0 Å². The molecule has 0 aromatic heterocycles. The van der Waals surface area contributed by atoms with E-state index >= 15 is 0 Å². The van der Waals surface area contributed by atoms with Crippen molar-refractivity contribution in [2.75, 3.05) is 32.8 Å². The van der Waals surface area contributed by atoms with Crippen LogP contribution >= 0.6 is 0 Å². The van der Waals surface area contributed by atoms with Crippen LogP contribution in [0.3, 0.4) is 0 Å². The lowest BCUT2D eigenvalue weighted by Crippen LogP contribution is -2.36. The normalized spacial score (nSPS) is 22.0. The number of hydrogen-bond acceptors (Lipinski definition) is 5. The van der Waals surface area contributed by atoms with Gasteiger partial charge in [0.1, 0.15) is 0 Å². The van der Waals surface area contributed by atoms with Gasteiger partial charge in [-0.15, -0.1) is 0 Å². The molecular weight excluding hydrogens is 290 g/mol. The Labute approximate surface area is 126 Å². The minimum Gasteiger partial charge on any atom is -0.493 e. The predicted molar refractivity (Wildman–Crippen MR) is 82.9 cm³/mol. The molecule has 1 aromatic carbocycles. The van der Waals surface area contributed by atoms with Gasteiger partial charge in [0.05, 0.1) is 25.7 Å². The maximum atomic E-state index is 11.6. The van der Waals surface area contributed by atoms with E-state index in [0.29, 0.717) is 17.3 Å². The molecule has 0 saturated carbocycles. The Morgan fingerprint density at radius 3 is 2.52 bits per heavy atom. The van der Waals surface area contributed by atoms with Gasteiger partial charge in [0.25, 0.3) is 0 Å². The Morgan fingerprint density at radius 2 is 2.00 bits per heavy atom. The van der Waals surface area contributed by atoms with Crippen LogP contribution in [0.25, 0.3) is 0 Å². The quantitative estimate of drug-likeness (QED) is 0.857. The molecule has 5 nitrogen and oxygen atoms in total. The first-order chi connectivity index (χ1) is 9.99. The molecule has 2 unspecified atom stereocenters. The van der Waals surface area contributed by atoms with Gasteiger partial charge in [-0.25, -0.2) is 8.42 Å². The first kappa shape index (κ1) is 16.1. The first-order valence-electron chi connectivity index (χ1n) is 7.07. The Bertz CT molecular complexity index is 585. The lowest BCUT2D eigenvalue weighted by molar-refractivity contribution is 0.353. The third kappa shape index (κ3) is 3.89. The summed E-state index contributed by atoms with van der Waals surface area (Å²) in [6.45, 7) is 0. The highest BCUT2D eigenvalue weighted by Crippen LogP contribution is 2.29. The van der Waals surface area contributed by atoms with E-state index in [1.807, 2.05) is 25.2 Å². The van der Waals surface area contributed by atoms with Crippen LogP contribution in [-0.4, -0.2) is 47.2 Å². The Kier molecular flexibility index (Phi) is 5.11. The van der Waals surface area contributed by atoms with Gasteiger partial charge in [0.15, 0.2) is 21.3 Å². The fourth-order valence-electron chi connectivity index (χ4n) is 2.91. The average Bonchev–Trinajstić information content (AvgIpc) is 2.84. The van der Waals surface area contributed by atoms with Crippen LogP contribution in [0.4, 0.5) is 0 Å². The maximum Gasteiger partial charge on any atom is 0.160 e. The minimum absolute atomic E-state index is 0.153. The smallest absolute Gasteiger partial charge is 0.160 e. The zero-order valence-electron chi connectivity index (χ0n) is 12.8. The third-order valence-corrected chi connectivity index (χ3v) is 5.90. The summed E-state index contributed by atoms with van der Waals surface area (Å²) >= 11 is 0. The van der Waals surface area contributed by atoms with E-state index in [4.69, 9.17) is 9.47 Å². The molecule has 2 atom stereocenters. The van der Waals surface area contributed by atoms with Crippen molar-refractivity contribution in [3.05, 3.63) is 23.8 Å². The maximum absolute atomic E-state index is 11.6. The standard InChI is InChI=1S/C15H23NO4S/c1-16-13(12-6-7-21(17,18)10-12)8-11-4-5-14(19-2)15(9-11)20-3/h4-5,9,12-13,16H,6-8,10H2,1-3H3. The van der Waals surface area contributed by atoms with E-state index in [2.05, 4.69) is 5.32 Å². The first-order valence-corrected chi connectivity index (χ1v) is 8.90. The Balaban J connectivity index is 2.12. The molecule has 0 amide bonds. The van der Waals surface area contributed by atoms with E-state index < -0.39 is 9.84 Å². The molecule has 2 rings (SSSR count). The molecule has 0 bridgehead atoms. The van der Waals surface area contributed by atoms with Crippen molar-refractivity contribution >= 4 is 9.84 Å². The molecule has 1 saturated heterocycles. The second kappa shape index (κ2) is 6.66. The van der Waals surface area contributed by atoms with Crippen LogP contribution in [0.1, 0.15) is 12.0 Å². The van der Waals surface area contributed by atoms with Gasteiger partial charge in [-0.05, 0) is 43.5 Å². The van der Waals surface area contributed by atoms with Crippen molar-refractivity contribution in [2.45, 2.75) is 18.9 Å². The van der Waals surface area contributed by atoms with E-state index in [1.54, 1.807) is 14.2 Å². The van der Waals surface area contributed by atoms with Gasteiger partial charge in [0.2, 0.25) is 0 Å². The largest absolute Gasteiger partial charge is 0.493 e. The summed E-state index contributed by atoms with van der Waals surface area (Å²) in [5.41, 5.74) is 1.11. The third-order valence-electron chi connectivity index (χ3n) is 4.11. The van der Waals surface area contributed by atoms with Gasteiger partial charge in [-0.3, -0.25) is 0 Å². The fourth-order valence-corrected chi connectivity index (χ4v) is 4.79. The van der Waals surface area contributed by atoms with Crippen molar-refractivity contribution in [1.82, 2.24) is 5.32 Å². The molecule has 21 heavy (non-hydrogen) atoms. The topological polar surface area (TPSA) is 64.6 Å². The SMILES string of the molecule is CNC(Cc1ccc(OC)c(OC)c1)C1CCS(=O)(=O)C1. The molecule has 118 valence electrons. The lowest BCUT2D eigenvalue weighted by atomic mass is 9.93. The van der Waals surface area contributed by atoms with E-state index in [9.17, 15) is 8.42 Å². The monoisotopic (exact) mass is 313 g/mol. The molecule has 1 aliphatic heterocycles. The highest BCUT2D eigenvalue weighted by atomic mass is 32.2. The van der Waals surface area contributed by atoms with E-state index in [1.165, 1.54) is 0 Å². The number of hydrogen-bond donors (Lipinski definition) is 1. The second-order valence-electron chi connectivity index (χ2n) is 5.45. The number of nitrogens with one attached hydrogen (secondary N) is 1. The average molecular weight is 313 g/mol. The van der Waals surface area contributed by atoms with Crippen molar-refractivity contribution in [3.63, 3.8) is 0 Å². The molecule has 1 aliphatic rings. The number of rotatable bonds is 6. The summed E-state index contributed by atoms with van der Waals surface area (Å²) in [5.74, 6) is 2.16. The van der Waals surface area contributed by atoms with Crippen molar-refractivity contribution in [1.29, 1.82) is 0 Å². The van der Waals surface area contributed by atoms with Gasteiger partial charge < -0.3 is 14.8 Å². The van der Waals surface area contributed by atoms with E-state index in [0.717, 1.165) is 18.4 Å². The summed E-state index contributed by atoms with van der Waals surface area (Å²) in [7, 11) is 2.25. The molecule has 1 fully saturated rings. The minimum atomic E-state index is -2.85. The number of ether oxygens (including phenoxy) is 2. The number of benzene rings is 1. The summed E-state index contributed by atoms with van der Waals surface area (Å²) in [5, 5.41) is 3.26. The molecule has 1 N–H and O–H groups in total. The number of methoxy groups -OCH3 is 2. The molecule has 0 aliphatic carbocycles. The zero-order valence-corrected chi connectivity index (χ0v) is 13.6.